The van der Waals surface area contributed by atoms with Gasteiger partial charge in [0.15, 0.2) is 0 Å². The van der Waals surface area contributed by atoms with Gasteiger partial charge < -0.3 is 4.74 Å². The van der Waals surface area contributed by atoms with Gasteiger partial charge >= 0.3 is 0 Å². The number of methoxy groups -OCH3 is 1. The van der Waals surface area contributed by atoms with Crippen molar-refractivity contribution in [2.24, 2.45) is 0 Å². The molecular weight excluding hydrogens is 200 g/mol. The fourth-order valence-electron chi connectivity index (χ4n) is 2.42. The largest absolute Gasteiger partial charge is 0.496 e. The van der Waals surface area contributed by atoms with Gasteiger partial charge in [-0.1, -0.05) is 17.7 Å². The molecule has 0 saturated heterocycles. The third-order valence-electron chi connectivity index (χ3n) is 3.37. The lowest BCUT2D eigenvalue weighted by atomic mass is 9.82. The smallest absolute Gasteiger partial charge is 0.132 e. The molecule has 2 nitrogen and oxygen atoms in total. The van der Waals surface area contributed by atoms with Crippen molar-refractivity contribution >= 4 is 5.78 Å². The van der Waals surface area contributed by atoms with Crippen LogP contribution in [0.4, 0.5) is 0 Å². The molecule has 2 rings (SSSR count). The number of aryl methyl sites for hydroxylation is 1. The van der Waals surface area contributed by atoms with Gasteiger partial charge in [-0.25, -0.2) is 0 Å². The molecule has 16 heavy (non-hydrogen) atoms. The monoisotopic (exact) mass is 218 g/mol. The Morgan fingerprint density at radius 2 is 1.94 bits per heavy atom. The minimum absolute atomic E-state index is 0.405. The number of carbonyl (C=O) groups is 1. The van der Waals surface area contributed by atoms with E-state index in [1.807, 2.05) is 6.07 Å². The predicted molar refractivity (Wildman–Crippen MR) is 63.9 cm³/mol. The molecule has 1 saturated carbocycles. The minimum atomic E-state index is 0.405. The minimum Gasteiger partial charge on any atom is -0.496 e. The average Bonchev–Trinajstić information content (AvgIpc) is 2.30. The van der Waals surface area contributed by atoms with Crippen molar-refractivity contribution in [3.8, 4) is 5.75 Å². The van der Waals surface area contributed by atoms with Crippen molar-refractivity contribution < 1.29 is 9.53 Å². The number of rotatable bonds is 2. The fourth-order valence-corrected chi connectivity index (χ4v) is 2.42. The van der Waals surface area contributed by atoms with Crippen LogP contribution in [0, 0.1) is 6.92 Å². The van der Waals surface area contributed by atoms with Crippen LogP contribution in [0.3, 0.4) is 0 Å². The molecule has 0 amide bonds. The molecule has 2 heteroatoms. The van der Waals surface area contributed by atoms with Gasteiger partial charge in [0.25, 0.3) is 0 Å². The molecule has 1 aliphatic rings. The van der Waals surface area contributed by atoms with E-state index >= 15 is 0 Å². The first-order chi connectivity index (χ1) is 7.70. The molecule has 0 aromatic heterocycles. The van der Waals surface area contributed by atoms with Gasteiger partial charge in [0.05, 0.1) is 7.11 Å². The Morgan fingerprint density at radius 3 is 2.56 bits per heavy atom. The second-order valence-corrected chi connectivity index (χ2v) is 4.56. The van der Waals surface area contributed by atoms with Gasteiger partial charge in [0.2, 0.25) is 0 Å². The molecule has 1 aromatic carbocycles. The Kier molecular flexibility index (Phi) is 3.28. The number of hydrogen-bond acceptors (Lipinski definition) is 2. The molecule has 0 N–H and O–H groups in total. The van der Waals surface area contributed by atoms with Gasteiger partial charge in [-0.3, -0.25) is 4.79 Å². The van der Waals surface area contributed by atoms with Crippen molar-refractivity contribution in [3.63, 3.8) is 0 Å². The number of ketones is 1. The Bertz CT molecular complexity index is 386. The lowest BCUT2D eigenvalue weighted by Crippen LogP contribution is -2.13. The van der Waals surface area contributed by atoms with E-state index < -0.39 is 0 Å². The summed E-state index contributed by atoms with van der Waals surface area (Å²) in [5, 5.41) is 0. The van der Waals surface area contributed by atoms with E-state index in [2.05, 4.69) is 19.1 Å². The van der Waals surface area contributed by atoms with E-state index in [9.17, 15) is 4.79 Å². The Hall–Kier alpha value is -1.31. The SMILES string of the molecule is COc1ccc(C)cc1C1CCC(=O)CC1. The summed E-state index contributed by atoms with van der Waals surface area (Å²) in [7, 11) is 1.71. The standard InChI is InChI=1S/C14H18O2/c1-10-3-8-14(16-2)13(9-10)11-4-6-12(15)7-5-11/h3,8-9,11H,4-7H2,1-2H3. The lowest BCUT2D eigenvalue weighted by molar-refractivity contribution is -0.120. The van der Waals surface area contributed by atoms with Gasteiger partial charge in [-0.2, -0.15) is 0 Å². The van der Waals surface area contributed by atoms with E-state index in [0.29, 0.717) is 11.7 Å². The Morgan fingerprint density at radius 1 is 1.25 bits per heavy atom. The number of hydrogen-bond donors (Lipinski definition) is 0. The second-order valence-electron chi connectivity index (χ2n) is 4.56. The third-order valence-corrected chi connectivity index (χ3v) is 3.37. The zero-order chi connectivity index (χ0) is 11.5. The number of ether oxygens (including phenoxy) is 1. The highest BCUT2D eigenvalue weighted by Gasteiger charge is 2.22. The molecule has 1 aromatic rings. The van der Waals surface area contributed by atoms with E-state index in [1.54, 1.807) is 7.11 Å². The number of carbonyl (C=O) groups excluding carboxylic acids is 1. The first kappa shape index (κ1) is 11.2. The summed E-state index contributed by atoms with van der Waals surface area (Å²) in [6, 6.07) is 6.29. The summed E-state index contributed by atoms with van der Waals surface area (Å²) in [6.07, 6.45) is 3.39. The van der Waals surface area contributed by atoms with Crippen LogP contribution >= 0.6 is 0 Å². The normalized spacial score (nSPS) is 17.5. The highest BCUT2D eigenvalue weighted by molar-refractivity contribution is 5.79. The van der Waals surface area contributed by atoms with Crippen LogP contribution in [0.5, 0.6) is 5.75 Å². The van der Waals surface area contributed by atoms with Crippen molar-refractivity contribution in [1.82, 2.24) is 0 Å². The Balaban J connectivity index is 2.24. The second kappa shape index (κ2) is 4.69. The summed E-state index contributed by atoms with van der Waals surface area (Å²) in [6.45, 7) is 2.09. The summed E-state index contributed by atoms with van der Waals surface area (Å²) in [5.74, 6) is 1.86. The molecule has 0 radical (unpaired) electrons. The highest BCUT2D eigenvalue weighted by Crippen LogP contribution is 2.36. The summed E-state index contributed by atoms with van der Waals surface area (Å²) in [4.78, 5) is 11.2. The van der Waals surface area contributed by atoms with Crippen LogP contribution in [-0.4, -0.2) is 12.9 Å². The molecule has 0 unspecified atom stereocenters. The summed E-state index contributed by atoms with van der Waals surface area (Å²) in [5.41, 5.74) is 2.53. The molecule has 0 aliphatic heterocycles. The molecular formula is C14H18O2. The van der Waals surface area contributed by atoms with Crippen LogP contribution in [0.25, 0.3) is 0 Å². The van der Waals surface area contributed by atoms with E-state index in [1.165, 1.54) is 11.1 Å². The third kappa shape index (κ3) is 2.26. The van der Waals surface area contributed by atoms with Crippen LogP contribution in [0.2, 0.25) is 0 Å². The van der Waals surface area contributed by atoms with Crippen molar-refractivity contribution in [1.29, 1.82) is 0 Å². The van der Waals surface area contributed by atoms with E-state index in [4.69, 9.17) is 4.74 Å². The first-order valence-corrected chi connectivity index (χ1v) is 5.87. The topological polar surface area (TPSA) is 26.3 Å². The van der Waals surface area contributed by atoms with E-state index in [0.717, 1.165) is 31.4 Å². The molecule has 86 valence electrons. The molecule has 1 aliphatic carbocycles. The predicted octanol–water partition coefficient (Wildman–Crippen LogP) is 3.23. The van der Waals surface area contributed by atoms with Crippen LogP contribution in [0.15, 0.2) is 18.2 Å². The van der Waals surface area contributed by atoms with Gasteiger partial charge in [-0.05, 0) is 37.3 Å². The maximum atomic E-state index is 11.2. The average molecular weight is 218 g/mol. The molecule has 0 atom stereocenters. The zero-order valence-corrected chi connectivity index (χ0v) is 9.95. The molecule has 0 spiro atoms. The van der Waals surface area contributed by atoms with Crippen molar-refractivity contribution in [2.75, 3.05) is 7.11 Å². The Labute approximate surface area is 96.6 Å². The molecule has 0 bridgehead atoms. The number of benzene rings is 1. The quantitative estimate of drug-likeness (QED) is 0.761. The maximum Gasteiger partial charge on any atom is 0.132 e. The van der Waals surface area contributed by atoms with Crippen LogP contribution < -0.4 is 4.74 Å². The summed E-state index contributed by atoms with van der Waals surface area (Å²) < 4.78 is 5.40. The lowest BCUT2D eigenvalue weighted by Gasteiger charge is -2.23. The first-order valence-electron chi connectivity index (χ1n) is 5.87. The van der Waals surface area contributed by atoms with Crippen molar-refractivity contribution in [2.45, 2.75) is 38.5 Å². The van der Waals surface area contributed by atoms with Gasteiger partial charge in [-0.15, -0.1) is 0 Å². The van der Waals surface area contributed by atoms with Crippen LogP contribution in [0.1, 0.15) is 42.7 Å². The molecule has 0 heterocycles. The number of Topliss-reactive ketones (excluding diaryl/α,β-unsaturated/α-hetero) is 1. The van der Waals surface area contributed by atoms with Crippen LogP contribution in [-0.2, 0) is 4.79 Å². The van der Waals surface area contributed by atoms with E-state index in [-0.39, 0.29) is 0 Å². The maximum absolute atomic E-state index is 11.2. The van der Waals surface area contributed by atoms with Crippen molar-refractivity contribution in [3.05, 3.63) is 29.3 Å². The highest BCUT2D eigenvalue weighted by atomic mass is 16.5. The molecule has 1 fully saturated rings. The van der Waals surface area contributed by atoms with Gasteiger partial charge in [0, 0.05) is 12.8 Å². The fraction of sp³-hybridized carbons (Fsp3) is 0.500. The zero-order valence-electron chi connectivity index (χ0n) is 9.95. The summed E-state index contributed by atoms with van der Waals surface area (Å²) >= 11 is 0. The van der Waals surface area contributed by atoms with Gasteiger partial charge in [0.1, 0.15) is 11.5 Å².